The number of anilines is 1. The van der Waals surface area contributed by atoms with Crippen LogP contribution in [0.2, 0.25) is 0 Å². The fraction of sp³-hybridized carbons (Fsp3) is 0.105. The van der Waals surface area contributed by atoms with Crippen LogP contribution in [0.25, 0.3) is 22.9 Å². The molecule has 0 spiro atoms. The second-order valence-corrected chi connectivity index (χ2v) is 5.43. The molecule has 3 aromatic rings. The molecule has 110 valence electrons. The number of rotatable bonds is 3. The first-order chi connectivity index (χ1) is 10.6. The maximum Gasteiger partial charge on any atom is 0.224 e. The zero-order valence-electron chi connectivity index (χ0n) is 12.7. The molecule has 22 heavy (non-hydrogen) atoms. The Morgan fingerprint density at radius 2 is 1.64 bits per heavy atom. The topological polar surface area (TPSA) is 30.2 Å². The van der Waals surface area contributed by atoms with E-state index in [0.29, 0.717) is 5.69 Å². The molecular weight excluding hydrogens is 272 g/mol. The number of pyridine rings is 1. The molecule has 0 N–H and O–H groups in total. The summed E-state index contributed by atoms with van der Waals surface area (Å²) in [5, 5.41) is 14.1. The van der Waals surface area contributed by atoms with Gasteiger partial charge in [-0.15, -0.1) is 0 Å². The van der Waals surface area contributed by atoms with Crippen LogP contribution in [0.5, 0.6) is 0 Å². The van der Waals surface area contributed by atoms with Crippen LogP contribution in [0.4, 0.5) is 5.69 Å². The van der Waals surface area contributed by atoms with E-state index in [4.69, 9.17) is 0 Å². The third-order valence-electron chi connectivity index (χ3n) is 3.71. The van der Waals surface area contributed by atoms with Crippen molar-refractivity contribution in [1.29, 1.82) is 0 Å². The largest absolute Gasteiger partial charge is 0.618 e. The zero-order valence-corrected chi connectivity index (χ0v) is 12.7. The van der Waals surface area contributed by atoms with Gasteiger partial charge in [0.15, 0.2) is 6.20 Å². The maximum atomic E-state index is 12.1. The molecule has 0 unspecified atom stereocenters. The molecule has 1 heterocycles. The molecule has 0 fully saturated rings. The Labute approximate surface area is 130 Å². The van der Waals surface area contributed by atoms with E-state index in [1.165, 1.54) is 0 Å². The van der Waals surface area contributed by atoms with Gasteiger partial charge in [-0.3, -0.25) is 0 Å². The normalized spacial score (nSPS) is 11.2. The van der Waals surface area contributed by atoms with Crippen molar-refractivity contribution in [2.24, 2.45) is 0 Å². The van der Waals surface area contributed by atoms with Crippen LogP contribution in [0, 0.1) is 5.21 Å². The van der Waals surface area contributed by atoms with E-state index in [1.54, 1.807) is 6.20 Å². The Morgan fingerprint density at radius 1 is 0.909 bits per heavy atom. The summed E-state index contributed by atoms with van der Waals surface area (Å²) in [5.41, 5.74) is 2.88. The van der Waals surface area contributed by atoms with Gasteiger partial charge in [-0.1, -0.05) is 30.3 Å². The molecule has 0 saturated heterocycles. The Hall–Kier alpha value is -2.81. The molecule has 0 radical (unpaired) electrons. The number of benzene rings is 2. The highest BCUT2D eigenvalue weighted by Crippen LogP contribution is 2.18. The van der Waals surface area contributed by atoms with Crippen molar-refractivity contribution < 1.29 is 4.73 Å². The van der Waals surface area contributed by atoms with Crippen LogP contribution in [-0.2, 0) is 0 Å². The van der Waals surface area contributed by atoms with E-state index in [2.05, 4.69) is 17.0 Å². The first-order valence-electron chi connectivity index (χ1n) is 7.21. The van der Waals surface area contributed by atoms with E-state index in [0.717, 1.165) is 26.8 Å². The highest BCUT2D eigenvalue weighted by Gasteiger charge is 2.07. The van der Waals surface area contributed by atoms with Gasteiger partial charge in [0.1, 0.15) is 0 Å². The number of hydrogen-bond acceptors (Lipinski definition) is 2. The number of nitrogens with zero attached hydrogens (tertiary/aromatic N) is 2. The molecule has 0 atom stereocenters. The fourth-order valence-electron chi connectivity index (χ4n) is 2.44. The van der Waals surface area contributed by atoms with Crippen molar-refractivity contribution in [3.8, 4) is 0 Å². The van der Waals surface area contributed by atoms with Crippen LogP contribution >= 0.6 is 0 Å². The Bertz CT molecular complexity index is 820. The average Bonchev–Trinajstić information content (AvgIpc) is 2.54. The van der Waals surface area contributed by atoms with Gasteiger partial charge in [0.05, 0.1) is 5.39 Å². The molecule has 0 saturated carbocycles. The molecule has 0 bridgehead atoms. The second-order valence-electron chi connectivity index (χ2n) is 5.43. The lowest BCUT2D eigenvalue weighted by Gasteiger charge is -2.11. The smallest absolute Gasteiger partial charge is 0.224 e. The van der Waals surface area contributed by atoms with Gasteiger partial charge >= 0.3 is 0 Å². The van der Waals surface area contributed by atoms with Crippen LogP contribution < -0.4 is 9.63 Å². The van der Waals surface area contributed by atoms with Crippen LogP contribution in [0.3, 0.4) is 0 Å². The van der Waals surface area contributed by atoms with Gasteiger partial charge in [-0.25, -0.2) is 0 Å². The molecule has 1 aromatic heterocycles. The molecule has 3 heteroatoms. The fourth-order valence-corrected chi connectivity index (χ4v) is 2.44. The van der Waals surface area contributed by atoms with Crippen molar-refractivity contribution in [2.45, 2.75) is 0 Å². The van der Waals surface area contributed by atoms with Crippen LogP contribution in [0.15, 0.2) is 60.8 Å². The molecule has 0 aliphatic carbocycles. The second kappa shape index (κ2) is 5.90. The standard InChI is InChI=1S/C19H18N2O/c1-20(2)17-10-7-15(8-11-17)9-12-19-18-6-4-3-5-16(18)13-14-21(19)22/h3-14H,1-2H3/b12-9+. The summed E-state index contributed by atoms with van der Waals surface area (Å²) in [6.07, 6.45) is 5.40. The van der Waals surface area contributed by atoms with Gasteiger partial charge in [0, 0.05) is 31.9 Å². The Balaban J connectivity index is 1.97. The number of fused-ring (bicyclic) bond motifs is 1. The van der Waals surface area contributed by atoms with Crippen molar-refractivity contribution in [2.75, 3.05) is 19.0 Å². The summed E-state index contributed by atoms with van der Waals surface area (Å²) >= 11 is 0. The van der Waals surface area contributed by atoms with Gasteiger partial charge in [0.25, 0.3) is 0 Å². The van der Waals surface area contributed by atoms with E-state index < -0.39 is 0 Å². The summed E-state index contributed by atoms with van der Waals surface area (Å²) in [6.45, 7) is 0. The lowest BCUT2D eigenvalue weighted by Crippen LogP contribution is -2.29. The van der Waals surface area contributed by atoms with Crippen LogP contribution in [0.1, 0.15) is 11.3 Å². The lowest BCUT2D eigenvalue weighted by atomic mass is 10.1. The Morgan fingerprint density at radius 3 is 2.36 bits per heavy atom. The zero-order chi connectivity index (χ0) is 15.5. The minimum absolute atomic E-state index is 0.662. The Kier molecular flexibility index (Phi) is 3.79. The molecular formula is C19H18N2O. The van der Waals surface area contributed by atoms with E-state index in [1.807, 2.05) is 68.7 Å². The highest BCUT2D eigenvalue weighted by atomic mass is 16.5. The monoisotopic (exact) mass is 290 g/mol. The number of hydrogen-bond donors (Lipinski definition) is 0. The van der Waals surface area contributed by atoms with E-state index in [9.17, 15) is 5.21 Å². The van der Waals surface area contributed by atoms with Gasteiger partial charge in [-0.2, -0.15) is 4.73 Å². The summed E-state index contributed by atoms with van der Waals surface area (Å²) in [5.74, 6) is 0. The molecule has 3 rings (SSSR count). The van der Waals surface area contributed by atoms with Crippen molar-refractivity contribution in [3.63, 3.8) is 0 Å². The van der Waals surface area contributed by atoms with E-state index in [-0.39, 0.29) is 0 Å². The summed E-state index contributed by atoms with van der Waals surface area (Å²) in [6, 6.07) is 18.0. The first-order valence-corrected chi connectivity index (χ1v) is 7.21. The van der Waals surface area contributed by atoms with Crippen molar-refractivity contribution in [3.05, 3.63) is 77.3 Å². The lowest BCUT2D eigenvalue weighted by molar-refractivity contribution is -0.605. The predicted octanol–water partition coefficient (Wildman–Crippen LogP) is 3.71. The van der Waals surface area contributed by atoms with Gasteiger partial charge in [-0.05, 0) is 35.2 Å². The molecule has 2 aromatic carbocycles. The SMILES string of the molecule is CN(C)c1ccc(/C=C/c2c3ccccc3cc[n+]2[O-])cc1. The van der Waals surface area contributed by atoms with Crippen molar-refractivity contribution in [1.82, 2.24) is 0 Å². The first kappa shape index (κ1) is 14.1. The molecule has 0 amide bonds. The number of aromatic nitrogens is 1. The summed E-state index contributed by atoms with van der Waals surface area (Å²) in [4.78, 5) is 2.06. The third kappa shape index (κ3) is 2.79. The van der Waals surface area contributed by atoms with E-state index >= 15 is 0 Å². The highest BCUT2D eigenvalue weighted by molar-refractivity contribution is 5.89. The minimum atomic E-state index is 0.662. The summed E-state index contributed by atoms with van der Waals surface area (Å²) in [7, 11) is 4.03. The average molecular weight is 290 g/mol. The molecule has 0 aliphatic heterocycles. The van der Waals surface area contributed by atoms with Crippen LogP contribution in [-0.4, -0.2) is 14.1 Å². The summed E-state index contributed by atoms with van der Waals surface area (Å²) < 4.78 is 0.910. The minimum Gasteiger partial charge on any atom is -0.618 e. The van der Waals surface area contributed by atoms with Gasteiger partial charge in [0.2, 0.25) is 5.69 Å². The third-order valence-corrected chi connectivity index (χ3v) is 3.71. The predicted molar refractivity (Wildman–Crippen MR) is 92.6 cm³/mol. The van der Waals surface area contributed by atoms with Crippen molar-refractivity contribution >= 4 is 28.6 Å². The van der Waals surface area contributed by atoms with Gasteiger partial charge < -0.3 is 10.1 Å². The maximum absolute atomic E-state index is 12.1. The molecule has 3 nitrogen and oxygen atoms in total. The quantitative estimate of drug-likeness (QED) is 0.544. The molecule has 0 aliphatic rings.